The molecule has 0 aliphatic carbocycles. The summed E-state index contributed by atoms with van der Waals surface area (Å²) in [5.74, 6) is 0.204. The summed E-state index contributed by atoms with van der Waals surface area (Å²) in [6.45, 7) is 1.85. The minimum absolute atomic E-state index is 0.297. The number of benzene rings is 2. The number of hydrogen-bond acceptors (Lipinski definition) is 3. The van der Waals surface area contributed by atoms with E-state index in [1.807, 2.05) is 6.92 Å². The third-order valence-electron chi connectivity index (χ3n) is 2.93. The zero-order valence-electron chi connectivity index (χ0n) is 11.2. The van der Waals surface area contributed by atoms with Crippen LogP contribution in [0.15, 0.2) is 36.4 Å². The molecule has 3 N–H and O–H groups in total. The van der Waals surface area contributed by atoms with Crippen molar-refractivity contribution in [2.24, 2.45) is 0 Å². The lowest BCUT2D eigenvalue weighted by atomic mass is 10.1. The van der Waals surface area contributed by atoms with Crippen LogP contribution in [0.3, 0.4) is 0 Å². The second-order valence-electron chi connectivity index (χ2n) is 4.34. The number of aryl methyl sites for hydroxylation is 1. The van der Waals surface area contributed by atoms with E-state index in [1.165, 1.54) is 7.11 Å². The van der Waals surface area contributed by atoms with Gasteiger partial charge in [-0.15, -0.1) is 0 Å². The summed E-state index contributed by atoms with van der Waals surface area (Å²) < 4.78 is 5.16. The van der Waals surface area contributed by atoms with E-state index in [0.29, 0.717) is 27.7 Å². The van der Waals surface area contributed by atoms with Crippen molar-refractivity contribution in [3.8, 4) is 5.75 Å². The summed E-state index contributed by atoms with van der Waals surface area (Å²) >= 11 is 6.04. The third-order valence-corrected chi connectivity index (χ3v) is 3.34. The molecule has 0 aliphatic rings. The van der Waals surface area contributed by atoms with E-state index >= 15 is 0 Å². The summed E-state index contributed by atoms with van der Waals surface area (Å²) in [4.78, 5) is 12.3. The molecule has 0 spiro atoms. The average molecular weight is 291 g/mol. The average Bonchev–Trinajstić information content (AvgIpc) is 2.44. The fourth-order valence-corrected chi connectivity index (χ4v) is 2.00. The monoisotopic (exact) mass is 290 g/mol. The van der Waals surface area contributed by atoms with Gasteiger partial charge in [0.2, 0.25) is 0 Å². The summed E-state index contributed by atoms with van der Waals surface area (Å²) in [7, 11) is 1.52. The number of para-hydroxylation sites is 1. The highest BCUT2D eigenvalue weighted by atomic mass is 35.5. The highest BCUT2D eigenvalue weighted by molar-refractivity contribution is 6.32. The van der Waals surface area contributed by atoms with E-state index in [0.717, 1.165) is 5.56 Å². The van der Waals surface area contributed by atoms with Crippen molar-refractivity contribution in [2.45, 2.75) is 6.92 Å². The van der Waals surface area contributed by atoms with Gasteiger partial charge in [-0.05, 0) is 36.8 Å². The minimum atomic E-state index is -0.297. The Hall–Kier alpha value is -2.20. The second-order valence-corrected chi connectivity index (χ2v) is 4.75. The van der Waals surface area contributed by atoms with Gasteiger partial charge in [0.05, 0.1) is 24.0 Å². The van der Waals surface area contributed by atoms with E-state index in [1.54, 1.807) is 36.4 Å². The number of ether oxygens (including phenoxy) is 1. The van der Waals surface area contributed by atoms with Gasteiger partial charge in [0.1, 0.15) is 5.75 Å². The van der Waals surface area contributed by atoms with Crippen LogP contribution >= 0.6 is 11.6 Å². The summed E-state index contributed by atoms with van der Waals surface area (Å²) in [5.41, 5.74) is 8.13. The molecule has 1 amide bonds. The maximum Gasteiger partial charge on any atom is 0.259 e. The van der Waals surface area contributed by atoms with Gasteiger partial charge in [-0.3, -0.25) is 4.79 Å². The van der Waals surface area contributed by atoms with Gasteiger partial charge < -0.3 is 15.8 Å². The molecule has 0 heterocycles. The first-order valence-corrected chi connectivity index (χ1v) is 6.40. The lowest BCUT2D eigenvalue weighted by Gasteiger charge is -2.12. The first-order chi connectivity index (χ1) is 9.52. The Morgan fingerprint density at radius 2 is 2.00 bits per heavy atom. The van der Waals surface area contributed by atoms with E-state index in [9.17, 15) is 4.79 Å². The molecule has 0 atom stereocenters. The molecule has 2 aromatic rings. The lowest BCUT2D eigenvalue weighted by molar-refractivity contribution is 0.102. The predicted molar refractivity (Wildman–Crippen MR) is 81.5 cm³/mol. The van der Waals surface area contributed by atoms with Gasteiger partial charge in [-0.1, -0.05) is 23.7 Å². The molecule has 0 unspecified atom stereocenters. The van der Waals surface area contributed by atoms with E-state index in [2.05, 4.69) is 5.32 Å². The van der Waals surface area contributed by atoms with Crippen molar-refractivity contribution >= 4 is 28.9 Å². The first kappa shape index (κ1) is 14.2. The number of carbonyl (C=O) groups excluding carboxylic acids is 1. The van der Waals surface area contributed by atoms with Gasteiger partial charge >= 0.3 is 0 Å². The number of amides is 1. The first-order valence-electron chi connectivity index (χ1n) is 6.03. The van der Waals surface area contributed by atoms with Crippen LogP contribution in [0, 0.1) is 6.92 Å². The van der Waals surface area contributed by atoms with Gasteiger partial charge in [-0.25, -0.2) is 0 Å². The molecule has 0 aliphatic heterocycles. The number of nitrogen functional groups attached to an aromatic ring is 1. The number of methoxy groups -OCH3 is 1. The maximum absolute atomic E-state index is 12.3. The Labute approximate surface area is 122 Å². The Bertz CT molecular complexity index is 656. The molecular weight excluding hydrogens is 276 g/mol. The van der Waals surface area contributed by atoms with Crippen molar-refractivity contribution in [1.82, 2.24) is 0 Å². The van der Waals surface area contributed by atoms with Crippen molar-refractivity contribution in [2.75, 3.05) is 18.2 Å². The van der Waals surface area contributed by atoms with E-state index < -0.39 is 0 Å². The Morgan fingerprint density at radius 3 is 2.70 bits per heavy atom. The highest BCUT2D eigenvalue weighted by Gasteiger charge is 2.13. The third kappa shape index (κ3) is 2.86. The number of nitrogens with one attached hydrogen (secondary N) is 1. The van der Waals surface area contributed by atoms with Crippen LogP contribution in [0.4, 0.5) is 11.4 Å². The molecular formula is C15H15ClN2O2. The molecule has 2 aromatic carbocycles. The number of anilines is 2. The maximum atomic E-state index is 12.3. The molecule has 5 heteroatoms. The van der Waals surface area contributed by atoms with Gasteiger partial charge in [0.15, 0.2) is 0 Å². The Balaban J connectivity index is 2.30. The predicted octanol–water partition coefficient (Wildman–Crippen LogP) is 3.49. The van der Waals surface area contributed by atoms with Gasteiger partial charge in [0, 0.05) is 5.02 Å². The van der Waals surface area contributed by atoms with E-state index in [-0.39, 0.29) is 5.91 Å². The summed E-state index contributed by atoms with van der Waals surface area (Å²) in [6.07, 6.45) is 0. The molecule has 2 rings (SSSR count). The van der Waals surface area contributed by atoms with Crippen LogP contribution in [-0.4, -0.2) is 13.0 Å². The number of nitrogens with two attached hydrogens (primary N) is 1. The fourth-order valence-electron chi connectivity index (χ4n) is 1.83. The van der Waals surface area contributed by atoms with Crippen LogP contribution in [0.25, 0.3) is 0 Å². The minimum Gasteiger partial charge on any atom is -0.496 e. The van der Waals surface area contributed by atoms with Gasteiger partial charge in [0.25, 0.3) is 5.91 Å². The molecule has 0 radical (unpaired) electrons. The molecule has 4 nitrogen and oxygen atoms in total. The van der Waals surface area contributed by atoms with Crippen molar-refractivity contribution in [3.63, 3.8) is 0 Å². The molecule has 20 heavy (non-hydrogen) atoms. The largest absolute Gasteiger partial charge is 0.496 e. The SMILES string of the molecule is COc1ccccc1C(=O)Nc1cc(Cl)c(C)cc1N. The summed E-state index contributed by atoms with van der Waals surface area (Å²) in [6, 6.07) is 10.3. The Kier molecular flexibility index (Phi) is 4.15. The fraction of sp³-hybridized carbons (Fsp3) is 0.133. The second kappa shape index (κ2) is 5.84. The summed E-state index contributed by atoms with van der Waals surface area (Å²) in [5, 5.41) is 3.29. The quantitative estimate of drug-likeness (QED) is 0.851. The van der Waals surface area contributed by atoms with Crippen LogP contribution in [0.5, 0.6) is 5.75 Å². The molecule has 0 aromatic heterocycles. The molecule has 0 bridgehead atoms. The van der Waals surface area contributed by atoms with Crippen molar-refractivity contribution < 1.29 is 9.53 Å². The molecule has 0 saturated carbocycles. The van der Waals surface area contributed by atoms with Crippen LogP contribution < -0.4 is 15.8 Å². The lowest BCUT2D eigenvalue weighted by Crippen LogP contribution is -2.14. The molecule has 0 saturated heterocycles. The standard InChI is InChI=1S/C15H15ClN2O2/c1-9-7-12(17)13(8-11(9)16)18-15(19)10-5-3-4-6-14(10)20-2/h3-8H,17H2,1-2H3,(H,18,19). The molecule has 0 fully saturated rings. The normalized spacial score (nSPS) is 10.2. The van der Waals surface area contributed by atoms with Crippen molar-refractivity contribution in [1.29, 1.82) is 0 Å². The molecule has 104 valence electrons. The topological polar surface area (TPSA) is 64.3 Å². The zero-order valence-corrected chi connectivity index (χ0v) is 12.0. The Morgan fingerprint density at radius 1 is 1.30 bits per heavy atom. The number of hydrogen-bond donors (Lipinski definition) is 2. The smallest absolute Gasteiger partial charge is 0.259 e. The van der Waals surface area contributed by atoms with Crippen molar-refractivity contribution in [3.05, 3.63) is 52.5 Å². The van der Waals surface area contributed by atoms with Crippen LogP contribution in [0.2, 0.25) is 5.02 Å². The number of halogens is 1. The van der Waals surface area contributed by atoms with Gasteiger partial charge in [-0.2, -0.15) is 0 Å². The van der Waals surface area contributed by atoms with Crippen LogP contribution in [-0.2, 0) is 0 Å². The highest BCUT2D eigenvalue weighted by Crippen LogP contribution is 2.28. The zero-order chi connectivity index (χ0) is 14.7. The number of carbonyl (C=O) groups is 1. The van der Waals surface area contributed by atoms with E-state index in [4.69, 9.17) is 22.1 Å². The van der Waals surface area contributed by atoms with Crippen LogP contribution in [0.1, 0.15) is 15.9 Å². The number of rotatable bonds is 3.